The molecule has 10 nitrogen and oxygen atoms in total. The number of nitrogens with two attached hydrogens (primary N) is 1. The lowest BCUT2D eigenvalue weighted by molar-refractivity contribution is -0.387. The third-order valence-electron chi connectivity index (χ3n) is 6.89. The molecule has 0 spiro atoms. The van der Waals surface area contributed by atoms with Crippen molar-refractivity contribution in [3.63, 3.8) is 0 Å². The second kappa shape index (κ2) is 9.60. The van der Waals surface area contributed by atoms with Crippen LogP contribution in [0.25, 0.3) is 0 Å². The minimum atomic E-state index is -3.97. The van der Waals surface area contributed by atoms with Gasteiger partial charge in [0, 0.05) is 35.1 Å². The Kier molecular flexibility index (Phi) is 6.61. The van der Waals surface area contributed by atoms with Crippen molar-refractivity contribution in [2.45, 2.75) is 38.8 Å². The zero-order valence-electron chi connectivity index (χ0n) is 19.1. The number of halogens is 1. The van der Waals surface area contributed by atoms with Gasteiger partial charge in [0.2, 0.25) is 10.0 Å². The van der Waals surface area contributed by atoms with E-state index < -0.39 is 25.2 Å². The number of fused-ring (bicyclic) bond motifs is 3. The number of anilines is 1. The van der Waals surface area contributed by atoms with Crippen molar-refractivity contribution >= 4 is 50.4 Å². The van der Waals surface area contributed by atoms with Gasteiger partial charge in [-0.25, -0.2) is 13.6 Å². The van der Waals surface area contributed by atoms with Crippen molar-refractivity contribution in [3.8, 4) is 0 Å². The van der Waals surface area contributed by atoms with Crippen molar-refractivity contribution in [2.24, 2.45) is 11.1 Å². The average Bonchev–Trinajstić information content (AvgIpc) is 3.19. The number of primary sulfonamides is 1. The van der Waals surface area contributed by atoms with Crippen LogP contribution >= 0.6 is 23.4 Å². The van der Waals surface area contributed by atoms with Crippen molar-refractivity contribution < 1.29 is 18.3 Å². The van der Waals surface area contributed by atoms with Crippen molar-refractivity contribution in [1.29, 1.82) is 0 Å². The Bertz CT molecular complexity index is 1520. The molecule has 3 aromatic rings. The highest BCUT2D eigenvalue weighted by Gasteiger charge is 2.50. The molecule has 192 valence electrons. The summed E-state index contributed by atoms with van der Waals surface area (Å²) in [5.74, 6) is -0.503. The first kappa shape index (κ1) is 25.5. The number of nitro groups is 2. The van der Waals surface area contributed by atoms with Gasteiger partial charge in [-0.1, -0.05) is 24.3 Å². The van der Waals surface area contributed by atoms with Gasteiger partial charge in [-0.15, -0.1) is 23.4 Å². The van der Waals surface area contributed by atoms with Crippen molar-refractivity contribution in [2.75, 3.05) is 5.32 Å². The summed E-state index contributed by atoms with van der Waals surface area (Å²) in [7, 11) is -3.97. The average molecular weight is 561 g/mol. The highest BCUT2D eigenvalue weighted by atomic mass is 35.5. The number of nitrogens with one attached hydrogen (secondary N) is 1. The van der Waals surface area contributed by atoms with Gasteiger partial charge in [-0.05, 0) is 47.7 Å². The quantitative estimate of drug-likeness (QED) is 0.237. The third-order valence-corrected chi connectivity index (χ3v) is 9.92. The summed E-state index contributed by atoms with van der Waals surface area (Å²) < 4.78 is 24.2. The van der Waals surface area contributed by atoms with Gasteiger partial charge >= 0.3 is 0 Å². The van der Waals surface area contributed by atoms with Gasteiger partial charge < -0.3 is 5.32 Å². The largest absolute Gasteiger partial charge is 0.378 e. The highest BCUT2D eigenvalue weighted by Crippen LogP contribution is 2.58. The zero-order valence-corrected chi connectivity index (χ0v) is 21.4. The molecule has 1 aliphatic heterocycles. The first-order chi connectivity index (χ1) is 17.5. The summed E-state index contributed by atoms with van der Waals surface area (Å²) in [6.07, 6.45) is 0.537. The molecule has 0 saturated heterocycles. The first-order valence-corrected chi connectivity index (χ1v) is 14.1. The van der Waals surface area contributed by atoms with E-state index in [9.17, 15) is 28.6 Å². The molecule has 3 N–H and O–H groups in total. The molecule has 13 heteroatoms. The molecule has 5 rings (SSSR count). The van der Waals surface area contributed by atoms with Crippen LogP contribution in [0.4, 0.5) is 17.1 Å². The van der Waals surface area contributed by atoms with Crippen LogP contribution in [0.2, 0.25) is 0 Å². The van der Waals surface area contributed by atoms with Gasteiger partial charge in [0.25, 0.3) is 11.4 Å². The van der Waals surface area contributed by atoms with E-state index >= 15 is 0 Å². The van der Waals surface area contributed by atoms with Gasteiger partial charge in [-0.2, -0.15) is 0 Å². The first-order valence-electron chi connectivity index (χ1n) is 11.3. The lowest BCUT2D eigenvalue weighted by Gasteiger charge is -2.38. The lowest BCUT2D eigenvalue weighted by Crippen LogP contribution is -2.31. The van der Waals surface area contributed by atoms with Crippen molar-refractivity contribution in [3.05, 3.63) is 98.1 Å². The number of nitro benzene ring substituents is 2. The molecule has 0 unspecified atom stereocenters. The smallest absolute Gasteiger partial charge is 0.282 e. The number of benzene rings is 3. The SMILES string of the molecule is NS(=O)(=O)c1ccc2c(c1)[C@@H]1[C@H](Cl)[C@@H](Sc3ccccc3[N+](=O)[O-])C[C@@H]1[C@H](c1cccc([N+](=O)[O-])c1)N2. The van der Waals surface area contributed by atoms with Crippen LogP contribution in [-0.4, -0.2) is 28.9 Å². The van der Waals surface area contributed by atoms with Gasteiger partial charge in [-0.3, -0.25) is 20.2 Å². The van der Waals surface area contributed by atoms with E-state index in [-0.39, 0.29) is 39.4 Å². The van der Waals surface area contributed by atoms with Crippen LogP contribution in [0.3, 0.4) is 0 Å². The van der Waals surface area contributed by atoms with Crippen LogP contribution in [0.1, 0.15) is 29.5 Å². The fraction of sp³-hybridized carbons (Fsp3) is 0.250. The molecule has 37 heavy (non-hydrogen) atoms. The van der Waals surface area contributed by atoms with Crippen LogP contribution < -0.4 is 10.5 Å². The number of rotatable bonds is 6. The fourth-order valence-corrected chi connectivity index (χ4v) is 7.80. The topological polar surface area (TPSA) is 158 Å². The summed E-state index contributed by atoms with van der Waals surface area (Å²) in [5.41, 5.74) is 1.98. The lowest BCUT2D eigenvalue weighted by atomic mass is 9.77. The van der Waals surface area contributed by atoms with E-state index in [0.717, 1.165) is 0 Å². The number of thioether (sulfide) groups is 1. The summed E-state index contributed by atoms with van der Waals surface area (Å²) in [6, 6.07) is 17.0. The Morgan fingerprint density at radius 3 is 2.46 bits per heavy atom. The number of hydrogen-bond acceptors (Lipinski definition) is 8. The van der Waals surface area contributed by atoms with Gasteiger partial charge in [0.05, 0.1) is 31.1 Å². The molecule has 1 saturated carbocycles. The molecular weight excluding hydrogens is 540 g/mol. The standard InChI is InChI=1S/C24H21ClN4O6S2/c25-23-21(36-20-7-2-1-6-19(20)29(32)33)12-17-22(23)16-11-15(37(26,34)35)8-9-18(16)27-24(17)13-4-3-5-14(10-13)28(30)31/h1-11,17,21-24,27H,12H2,(H2,26,34,35)/t17-,21-,22-,23+,24-/m0/s1. The van der Waals surface area contributed by atoms with Gasteiger partial charge in [0.15, 0.2) is 0 Å². The Morgan fingerprint density at radius 2 is 1.76 bits per heavy atom. The Labute approximate surface area is 221 Å². The Hall–Kier alpha value is -3.19. The number of non-ortho nitro benzene ring substituents is 1. The summed E-state index contributed by atoms with van der Waals surface area (Å²) >= 11 is 8.37. The molecule has 3 aromatic carbocycles. The van der Waals surface area contributed by atoms with E-state index in [4.69, 9.17) is 16.7 Å². The van der Waals surface area contributed by atoms with Crippen LogP contribution in [0, 0.1) is 26.1 Å². The maximum Gasteiger partial charge on any atom is 0.282 e. The Balaban J connectivity index is 1.59. The van der Waals surface area contributed by atoms with Crippen LogP contribution in [0.5, 0.6) is 0 Å². The third kappa shape index (κ3) is 4.77. The maximum absolute atomic E-state index is 12.1. The predicted octanol–water partition coefficient (Wildman–Crippen LogP) is 5.19. The Morgan fingerprint density at radius 1 is 1.00 bits per heavy atom. The second-order valence-corrected chi connectivity index (χ2v) is 12.4. The summed E-state index contributed by atoms with van der Waals surface area (Å²) in [4.78, 5) is 22.5. The molecule has 0 radical (unpaired) electrons. The number of hydrogen-bond donors (Lipinski definition) is 2. The second-order valence-electron chi connectivity index (χ2n) is 9.02. The van der Waals surface area contributed by atoms with E-state index in [1.165, 1.54) is 42.1 Å². The summed E-state index contributed by atoms with van der Waals surface area (Å²) in [5, 5.41) is 31.1. The van der Waals surface area contributed by atoms with E-state index in [2.05, 4.69) is 5.32 Å². The molecule has 1 fully saturated rings. The summed E-state index contributed by atoms with van der Waals surface area (Å²) in [6.45, 7) is 0. The minimum absolute atomic E-state index is 0.0171. The molecule has 1 heterocycles. The number of para-hydroxylation sites is 1. The predicted molar refractivity (Wildman–Crippen MR) is 141 cm³/mol. The number of nitrogens with zero attached hydrogens (tertiary/aromatic N) is 2. The highest BCUT2D eigenvalue weighted by molar-refractivity contribution is 8.00. The molecule has 0 amide bonds. The van der Waals surface area contributed by atoms with E-state index in [0.29, 0.717) is 28.1 Å². The molecule has 2 aliphatic rings. The normalized spacial score (nSPS) is 24.5. The molecular formula is C24H21ClN4O6S2. The molecule has 0 aromatic heterocycles. The maximum atomic E-state index is 12.1. The minimum Gasteiger partial charge on any atom is -0.378 e. The van der Waals surface area contributed by atoms with Crippen LogP contribution in [-0.2, 0) is 10.0 Å². The fourth-order valence-electron chi connectivity index (χ4n) is 5.30. The van der Waals surface area contributed by atoms with Crippen molar-refractivity contribution in [1.82, 2.24) is 0 Å². The molecule has 1 aliphatic carbocycles. The molecule has 5 atom stereocenters. The van der Waals surface area contributed by atoms with E-state index in [1.54, 1.807) is 36.4 Å². The monoisotopic (exact) mass is 560 g/mol. The van der Waals surface area contributed by atoms with E-state index in [1.807, 2.05) is 0 Å². The number of sulfonamides is 1. The van der Waals surface area contributed by atoms with Gasteiger partial charge in [0.1, 0.15) is 0 Å². The molecule has 0 bridgehead atoms. The number of alkyl halides is 1. The zero-order chi connectivity index (χ0) is 26.5. The van der Waals surface area contributed by atoms with Crippen LogP contribution in [0.15, 0.2) is 76.5 Å².